The molecule has 21 heavy (non-hydrogen) atoms. The van der Waals surface area contributed by atoms with E-state index >= 15 is 0 Å². The summed E-state index contributed by atoms with van der Waals surface area (Å²) in [7, 11) is 0. The van der Waals surface area contributed by atoms with Gasteiger partial charge in [0.05, 0.1) is 12.7 Å². The third kappa shape index (κ3) is 7.15. The summed E-state index contributed by atoms with van der Waals surface area (Å²) in [6.45, 7) is 15.6. The SMILES string of the molecule is CC.CCCC1CCCCN(CC2(COC(C)C)CC2)C1. The second-order valence-electron chi connectivity index (χ2n) is 7.25. The molecule has 0 radical (unpaired) electrons. The van der Waals surface area contributed by atoms with Crippen LogP contribution >= 0.6 is 0 Å². The summed E-state index contributed by atoms with van der Waals surface area (Å²) in [6, 6.07) is 0. The third-order valence-electron chi connectivity index (χ3n) is 4.79. The molecule has 1 aliphatic heterocycles. The zero-order valence-corrected chi connectivity index (χ0v) is 15.3. The first kappa shape index (κ1) is 19.0. The quantitative estimate of drug-likeness (QED) is 0.646. The highest BCUT2D eigenvalue weighted by atomic mass is 16.5. The first-order valence-corrected chi connectivity index (χ1v) is 9.47. The molecule has 126 valence electrons. The standard InChI is InChI=1S/C17H33NO.C2H6/c1-4-7-16-8-5-6-11-18(12-16)13-17(9-10-17)14-19-15(2)3;1-2/h15-16H,4-14H2,1-3H3;1-2H3. The molecule has 0 N–H and O–H groups in total. The Morgan fingerprint density at radius 1 is 1.19 bits per heavy atom. The molecule has 1 saturated heterocycles. The number of hydrogen-bond donors (Lipinski definition) is 0. The van der Waals surface area contributed by atoms with E-state index in [0.717, 1.165) is 12.5 Å². The number of hydrogen-bond acceptors (Lipinski definition) is 2. The minimum Gasteiger partial charge on any atom is -0.378 e. The minimum absolute atomic E-state index is 0.384. The molecule has 0 amide bonds. The van der Waals surface area contributed by atoms with Gasteiger partial charge in [0.15, 0.2) is 0 Å². The summed E-state index contributed by atoms with van der Waals surface area (Å²) in [6.07, 6.45) is 10.2. The molecule has 2 fully saturated rings. The van der Waals surface area contributed by atoms with Gasteiger partial charge in [0, 0.05) is 18.5 Å². The summed E-state index contributed by atoms with van der Waals surface area (Å²) in [4.78, 5) is 2.75. The lowest BCUT2D eigenvalue weighted by Crippen LogP contribution is -2.36. The Kier molecular flexibility index (Phi) is 8.89. The maximum atomic E-state index is 5.89. The molecule has 0 aromatic carbocycles. The van der Waals surface area contributed by atoms with Crippen molar-refractivity contribution in [1.29, 1.82) is 0 Å². The molecule has 2 rings (SSSR count). The Balaban J connectivity index is 0.00000106. The van der Waals surface area contributed by atoms with Crippen LogP contribution in [0.25, 0.3) is 0 Å². The molecular weight excluding hydrogens is 258 g/mol. The monoisotopic (exact) mass is 297 g/mol. The molecule has 2 nitrogen and oxygen atoms in total. The molecule has 1 atom stereocenters. The van der Waals surface area contributed by atoms with Crippen molar-refractivity contribution in [3.8, 4) is 0 Å². The second kappa shape index (κ2) is 9.84. The molecule has 1 aliphatic carbocycles. The van der Waals surface area contributed by atoms with Crippen LogP contribution in [0.4, 0.5) is 0 Å². The predicted molar refractivity (Wildman–Crippen MR) is 92.8 cm³/mol. The van der Waals surface area contributed by atoms with Gasteiger partial charge in [0.25, 0.3) is 0 Å². The number of nitrogens with zero attached hydrogens (tertiary/aromatic N) is 1. The predicted octanol–water partition coefficient (Wildman–Crippen LogP) is 5.12. The average molecular weight is 298 g/mol. The van der Waals surface area contributed by atoms with Crippen molar-refractivity contribution in [2.45, 2.75) is 85.7 Å². The fourth-order valence-corrected chi connectivity index (χ4v) is 3.45. The fourth-order valence-electron chi connectivity index (χ4n) is 3.45. The van der Waals surface area contributed by atoms with Crippen molar-refractivity contribution in [2.75, 3.05) is 26.2 Å². The number of likely N-dealkylation sites (tertiary alicyclic amines) is 1. The molecule has 1 saturated carbocycles. The Labute approximate surface area is 133 Å². The van der Waals surface area contributed by atoms with E-state index in [0.29, 0.717) is 11.5 Å². The van der Waals surface area contributed by atoms with Crippen molar-refractivity contribution in [1.82, 2.24) is 4.90 Å². The maximum Gasteiger partial charge on any atom is 0.0538 e. The molecule has 0 aromatic rings. The van der Waals surface area contributed by atoms with Crippen LogP contribution in [-0.2, 0) is 4.74 Å². The average Bonchev–Trinajstić information content (AvgIpc) is 3.26. The Bertz CT molecular complexity index is 260. The summed E-state index contributed by atoms with van der Waals surface area (Å²) >= 11 is 0. The Morgan fingerprint density at radius 3 is 2.48 bits per heavy atom. The summed E-state index contributed by atoms with van der Waals surface area (Å²) in [5.74, 6) is 0.953. The van der Waals surface area contributed by atoms with Gasteiger partial charge in [-0.3, -0.25) is 0 Å². The summed E-state index contributed by atoms with van der Waals surface area (Å²) in [5, 5.41) is 0. The lowest BCUT2D eigenvalue weighted by atomic mass is 9.98. The molecule has 0 aromatic heterocycles. The van der Waals surface area contributed by atoms with Crippen LogP contribution in [0.1, 0.15) is 79.6 Å². The van der Waals surface area contributed by atoms with E-state index in [1.54, 1.807) is 0 Å². The van der Waals surface area contributed by atoms with E-state index in [1.165, 1.54) is 64.6 Å². The van der Waals surface area contributed by atoms with Gasteiger partial charge in [0.2, 0.25) is 0 Å². The van der Waals surface area contributed by atoms with Crippen molar-refractivity contribution in [2.24, 2.45) is 11.3 Å². The van der Waals surface area contributed by atoms with Gasteiger partial charge in [-0.15, -0.1) is 0 Å². The van der Waals surface area contributed by atoms with Gasteiger partial charge >= 0.3 is 0 Å². The Morgan fingerprint density at radius 2 is 1.90 bits per heavy atom. The normalized spacial score (nSPS) is 25.1. The van der Waals surface area contributed by atoms with Gasteiger partial charge in [-0.2, -0.15) is 0 Å². The van der Waals surface area contributed by atoms with Gasteiger partial charge in [-0.05, 0) is 58.4 Å². The second-order valence-corrected chi connectivity index (χ2v) is 7.25. The minimum atomic E-state index is 0.384. The van der Waals surface area contributed by atoms with E-state index in [9.17, 15) is 0 Å². The highest BCUT2D eigenvalue weighted by molar-refractivity contribution is 4.96. The van der Waals surface area contributed by atoms with Crippen LogP contribution in [0.5, 0.6) is 0 Å². The topological polar surface area (TPSA) is 12.5 Å². The molecule has 1 unspecified atom stereocenters. The van der Waals surface area contributed by atoms with E-state index in [2.05, 4.69) is 25.7 Å². The van der Waals surface area contributed by atoms with E-state index in [-0.39, 0.29) is 0 Å². The van der Waals surface area contributed by atoms with Crippen molar-refractivity contribution in [3.63, 3.8) is 0 Å². The van der Waals surface area contributed by atoms with Crippen molar-refractivity contribution < 1.29 is 4.74 Å². The molecule has 0 spiro atoms. The lowest BCUT2D eigenvalue weighted by molar-refractivity contribution is 0.0298. The number of rotatable bonds is 7. The Hall–Kier alpha value is -0.0800. The molecule has 1 heterocycles. The van der Waals surface area contributed by atoms with E-state index in [1.807, 2.05) is 13.8 Å². The van der Waals surface area contributed by atoms with Crippen LogP contribution in [0.2, 0.25) is 0 Å². The van der Waals surface area contributed by atoms with Crippen molar-refractivity contribution >= 4 is 0 Å². The van der Waals surface area contributed by atoms with Gasteiger partial charge in [-0.1, -0.05) is 33.6 Å². The van der Waals surface area contributed by atoms with E-state index in [4.69, 9.17) is 4.74 Å². The molecular formula is C19H39NO. The highest BCUT2D eigenvalue weighted by Crippen LogP contribution is 2.47. The smallest absolute Gasteiger partial charge is 0.0538 e. The number of ether oxygens (including phenoxy) is 1. The zero-order valence-electron chi connectivity index (χ0n) is 15.3. The first-order chi connectivity index (χ1) is 10.1. The summed E-state index contributed by atoms with van der Waals surface area (Å²) in [5.41, 5.74) is 0.519. The maximum absolute atomic E-state index is 5.89. The fraction of sp³-hybridized carbons (Fsp3) is 1.00. The zero-order chi connectivity index (χ0) is 15.7. The van der Waals surface area contributed by atoms with Gasteiger partial charge in [-0.25, -0.2) is 0 Å². The van der Waals surface area contributed by atoms with Crippen LogP contribution in [0.15, 0.2) is 0 Å². The van der Waals surface area contributed by atoms with Gasteiger partial charge in [0.1, 0.15) is 0 Å². The van der Waals surface area contributed by atoms with Gasteiger partial charge < -0.3 is 9.64 Å². The molecule has 2 aliphatic rings. The highest BCUT2D eigenvalue weighted by Gasteiger charge is 2.44. The first-order valence-electron chi connectivity index (χ1n) is 9.47. The van der Waals surface area contributed by atoms with Crippen molar-refractivity contribution in [3.05, 3.63) is 0 Å². The van der Waals surface area contributed by atoms with Crippen LogP contribution in [0.3, 0.4) is 0 Å². The molecule has 0 bridgehead atoms. The molecule has 2 heteroatoms. The summed E-state index contributed by atoms with van der Waals surface area (Å²) < 4.78 is 5.89. The van der Waals surface area contributed by atoms with E-state index < -0.39 is 0 Å². The third-order valence-corrected chi connectivity index (χ3v) is 4.79. The lowest BCUT2D eigenvalue weighted by Gasteiger charge is -2.29. The van der Waals surface area contributed by atoms with Crippen LogP contribution in [-0.4, -0.2) is 37.2 Å². The largest absolute Gasteiger partial charge is 0.378 e. The van der Waals surface area contributed by atoms with Crippen LogP contribution in [0, 0.1) is 11.3 Å². The van der Waals surface area contributed by atoms with Crippen LogP contribution < -0.4 is 0 Å².